The van der Waals surface area contributed by atoms with E-state index in [2.05, 4.69) is 4.98 Å². The maximum absolute atomic E-state index is 13.1. The lowest BCUT2D eigenvalue weighted by molar-refractivity contribution is -0.0627. The summed E-state index contributed by atoms with van der Waals surface area (Å²) in [5.74, 6) is -2.51. The van der Waals surface area contributed by atoms with Gasteiger partial charge in [-0.15, -0.1) is 0 Å². The first kappa shape index (κ1) is 12.4. The first-order valence-corrected chi connectivity index (χ1v) is 5.84. The number of aromatic nitrogens is 1. The van der Waals surface area contributed by atoms with E-state index in [4.69, 9.17) is 5.73 Å². The molecule has 1 atom stereocenters. The Bertz CT molecular complexity index is 346. The second-order valence-electron chi connectivity index (χ2n) is 4.43. The monoisotopic (exact) mass is 241 g/mol. The molecule has 0 spiro atoms. The first-order chi connectivity index (χ1) is 8.12. The van der Waals surface area contributed by atoms with Gasteiger partial charge in [-0.05, 0) is 11.6 Å². The zero-order valence-corrected chi connectivity index (χ0v) is 9.65. The van der Waals surface area contributed by atoms with Crippen LogP contribution < -0.4 is 5.73 Å². The predicted octanol–water partition coefficient (Wildman–Crippen LogP) is 1.81. The number of likely N-dealkylation sites (tertiary alicyclic amines) is 1. The Labute approximate surface area is 99.6 Å². The van der Waals surface area contributed by atoms with E-state index in [-0.39, 0.29) is 18.9 Å². The van der Waals surface area contributed by atoms with Crippen molar-refractivity contribution >= 4 is 0 Å². The summed E-state index contributed by atoms with van der Waals surface area (Å²) in [5.41, 5.74) is 6.75. The van der Waals surface area contributed by atoms with Gasteiger partial charge in [0.25, 0.3) is 5.92 Å². The summed E-state index contributed by atoms with van der Waals surface area (Å²) in [6.07, 6.45) is 3.29. The molecule has 94 valence electrons. The number of halogens is 2. The summed E-state index contributed by atoms with van der Waals surface area (Å²) >= 11 is 0. The molecule has 1 aromatic heterocycles. The fourth-order valence-corrected chi connectivity index (χ4v) is 2.23. The van der Waals surface area contributed by atoms with Gasteiger partial charge in [-0.2, -0.15) is 0 Å². The molecule has 1 saturated heterocycles. The zero-order valence-electron chi connectivity index (χ0n) is 9.65. The number of hydrogen-bond acceptors (Lipinski definition) is 3. The van der Waals surface area contributed by atoms with Gasteiger partial charge < -0.3 is 5.73 Å². The minimum absolute atomic E-state index is 0.000185. The van der Waals surface area contributed by atoms with Gasteiger partial charge in [-0.1, -0.05) is 6.07 Å². The average molecular weight is 241 g/mol. The Kier molecular flexibility index (Phi) is 3.69. The summed E-state index contributed by atoms with van der Waals surface area (Å²) < 4.78 is 26.2. The third-order valence-electron chi connectivity index (χ3n) is 3.26. The van der Waals surface area contributed by atoms with E-state index in [0.29, 0.717) is 19.6 Å². The van der Waals surface area contributed by atoms with Crippen LogP contribution in [0.2, 0.25) is 0 Å². The minimum atomic E-state index is -2.51. The quantitative estimate of drug-likeness (QED) is 0.877. The molecule has 1 aromatic rings. The minimum Gasteiger partial charge on any atom is -0.329 e. The average Bonchev–Trinajstić information content (AvgIpc) is 2.33. The van der Waals surface area contributed by atoms with Gasteiger partial charge in [0.15, 0.2) is 0 Å². The predicted molar refractivity (Wildman–Crippen MR) is 61.8 cm³/mol. The topological polar surface area (TPSA) is 42.1 Å². The Hall–Kier alpha value is -1.07. The highest BCUT2D eigenvalue weighted by molar-refractivity contribution is 5.14. The van der Waals surface area contributed by atoms with Crippen LogP contribution in [-0.4, -0.2) is 35.4 Å². The van der Waals surface area contributed by atoms with E-state index in [9.17, 15) is 8.78 Å². The molecule has 2 rings (SSSR count). The molecular weight excluding hydrogens is 224 g/mol. The molecule has 17 heavy (non-hydrogen) atoms. The first-order valence-electron chi connectivity index (χ1n) is 5.84. The Morgan fingerprint density at radius 1 is 1.41 bits per heavy atom. The van der Waals surface area contributed by atoms with Gasteiger partial charge in [-0.3, -0.25) is 9.88 Å². The molecule has 1 fully saturated rings. The van der Waals surface area contributed by atoms with Gasteiger partial charge in [0.05, 0.1) is 0 Å². The number of nitrogens with two attached hydrogens (primary N) is 1. The van der Waals surface area contributed by atoms with Crippen molar-refractivity contribution in [3.63, 3.8) is 0 Å². The second kappa shape index (κ2) is 5.06. The molecular formula is C12H17F2N3. The lowest BCUT2D eigenvalue weighted by Crippen LogP contribution is -2.43. The molecule has 2 heterocycles. The Balaban J connectivity index is 2.05. The van der Waals surface area contributed by atoms with E-state index in [1.165, 1.54) is 0 Å². The maximum atomic E-state index is 13.1. The van der Waals surface area contributed by atoms with Crippen LogP contribution in [0.3, 0.4) is 0 Å². The maximum Gasteiger partial charge on any atom is 0.250 e. The SMILES string of the molecule is NCC(c1cccnc1)N1CCC(F)(F)CC1. The van der Waals surface area contributed by atoms with Crippen molar-refractivity contribution in [3.8, 4) is 0 Å². The second-order valence-corrected chi connectivity index (χ2v) is 4.43. The standard InChI is InChI=1S/C12H17F2N3/c13-12(14)3-6-17(7-4-12)11(8-15)10-2-1-5-16-9-10/h1-2,5,9,11H,3-4,6-8,15H2. The third-order valence-corrected chi connectivity index (χ3v) is 3.26. The van der Waals surface area contributed by atoms with Gasteiger partial charge in [0.1, 0.15) is 0 Å². The highest BCUT2D eigenvalue weighted by Gasteiger charge is 2.36. The van der Waals surface area contributed by atoms with Crippen molar-refractivity contribution < 1.29 is 8.78 Å². The van der Waals surface area contributed by atoms with Crippen LogP contribution in [0, 0.1) is 0 Å². The number of hydrogen-bond donors (Lipinski definition) is 1. The van der Waals surface area contributed by atoms with E-state index in [1.807, 2.05) is 17.0 Å². The summed E-state index contributed by atoms with van der Waals surface area (Å²) in [5, 5.41) is 0. The van der Waals surface area contributed by atoms with Gasteiger partial charge >= 0.3 is 0 Å². The lowest BCUT2D eigenvalue weighted by atomic mass is 10.0. The van der Waals surface area contributed by atoms with Crippen LogP contribution in [0.1, 0.15) is 24.4 Å². The molecule has 0 amide bonds. The molecule has 0 aliphatic carbocycles. The molecule has 0 radical (unpaired) electrons. The van der Waals surface area contributed by atoms with Crippen molar-refractivity contribution in [1.82, 2.24) is 9.88 Å². The normalized spacial score (nSPS) is 22.3. The fourth-order valence-electron chi connectivity index (χ4n) is 2.23. The van der Waals surface area contributed by atoms with Crippen LogP contribution in [0.15, 0.2) is 24.5 Å². The Morgan fingerprint density at radius 2 is 2.12 bits per heavy atom. The third kappa shape index (κ3) is 2.98. The van der Waals surface area contributed by atoms with E-state index < -0.39 is 5.92 Å². The molecule has 1 aliphatic rings. The van der Waals surface area contributed by atoms with E-state index in [0.717, 1.165) is 5.56 Å². The summed E-state index contributed by atoms with van der Waals surface area (Å²) in [7, 11) is 0. The lowest BCUT2D eigenvalue weighted by Gasteiger charge is -2.37. The van der Waals surface area contributed by atoms with Crippen molar-refractivity contribution in [2.45, 2.75) is 24.8 Å². The molecule has 1 unspecified atom stereocenters. The van der Waals surface area contributed by atoms with Crippen LogP contribution in [0.4, 0.5) is 8.78 Å². The summed E-state index contributed by atoms with van der Waals surface area (Å²) in [6, 6.07) is 3.79. The number of alkyl halides is 2. The van der Waals surface area contributed by atoms with Crippen LogP contribution >= 0.6 is 0 Å². The van der Waals surface area contributed by atoms with E-state index in [1.54, 1.807) is 12.4 Å². The molecule has 0 saturated carbocycles. The largest absolute Gasteiger partial charge is 0.329 e. The van der Waals surface area contributed by atoms with Crippen LogP contribution in [-0.2, 0) is 0 Å². The molecule has 2 N–H and O–H groups in total. The molecule has 0 aromatic carbocycles. The number of nitrogens with zero attached hydrogens (tertiary/aromatic N) is 2. The zero-order chi connectivity index (χ0) is 12.3. The van der Waals surface area contributed by atoms with Gasteiger partial charge in [-0.25, -0.2) is 8.78 Å². The van der Waals surface area contributed by atoms with E-state index >= 15 is 0 Å². The fraction of sp³-hybridized carbons (Fsp3) is 0.583. The highest BCUT2D eigenvalue weighted by Crippen LogP contribution is 2.31. The number of rotatable bonds is 3. The van der Waals surface area contributed by atoms with Crippen molar-refractivity contribution in [2.75, 3.05) is 19.6 Å². The number of piperidine rings is 1. The highest BCUT2D eigenvalue weighted by atomic mass is 19.3. The van der Waals surface area contributed by atoms with Crippen LogP contribution in [0.25, 0.3) is 0 Å². The van der Waals surface area contributed by atoms with Crippen molar-refractivity contribution in [1.29, 1.82) is 0 Å². The molecule has 5 heteroatoms. The molecule has 3 nitrogen and oxygen atoms in total. The van der Waals surface area contributed by atoms with Gasteiger partial charge in [0, 0.05) is 50.9 Å². The molecule has 1 aliphatic heterocycles. The van der Waals surface area contributed by atoms with Crippen LogP contribution in [0.5, 0.6) is 0 Å². The smallest absolute Gasteiger partial charge is 0.250 e. The van der Waals surface area contributed by atoms with Crippen molar-refractivity contribution in [2.24, 2.45) is 5.73 Å². The number of pyridine rings is 1. The summed E-state index contributed by atoms with van der Waals surface area (Å²) in [4.78, 5) is 6.07. The Morgan fingerprint density at radius 3 is 2.65 bits per heavy atom. The van der Waals surface area contributed by atoms with Gasteiger partial charge in [0.2, 0.25) is 0 Å². The molecule has 0 bridgehead atoms. The summed E-state index contributed by atoms with van der Waals surface area (Å²) in [6.45, 7) is 1.21. The van der Waals surface area contributed by atoms with Crippen molar-refractivity contribution in [3.05, 3.63) is 30.1 Å².